The number of hydrogen-bond acceptors (Lipinski definition) is 5. The summed E-state index contributed by atoms with van der Waals surface area (Å²) < 4.78 is 12.6. The summed E-state index contributed by atoms with van der Waals surface area (Å²) in [6.45, 7) is 4.05. The smallest absolute Gasteiger partial charge is 0.311 e. The molecule has 0 bridgehead atoms. The topological polar surface area (TPSA) is 70.4 Å². The van der Waals surface area contributed by atoms with Gasteiger partial charge in [-0.2, -0.15) is 5.10 Å². The zero-order valence-corrected chi connectivity index (χ0v) is 19.0. The van der Waals surface area contributed by atoms with E-state index >= 15 is 0 Å². The van der Waals surface area contributed by atoms with Crippen LogP contribution in [0.4, 0.5) is 0 Å². The third-order valence-corrected chi connectivity index (χ3v) is 5.21. The SMILES string of the molecule is CCCC(=O)Oc1ccc(-c2nn(C)c(CCCC(=O)Oc3ccccc3)c2CC)cc1. The van der Waals surface area contributed by atoms with E-state index in [1.807, 2.05) is 49.0 Å². The van der Waals surface area contributed by atoms with Crippen LogP contribution in [-0.2, 0) is 29.5 Å². The van der Waals surface area contributed by atoms with Crippen molar-refractivity contribution >= 4 is 11.9 Å². The van der Waals surface area contributed by atoms with Gasteiger partial charge in [0.15, 0.2) is 0 Å². The molecule has 6 nitrogen and oxygen atoms in total. The second-order valence-electron chi connectivity index (χ2n) is 7.64. The highest BCUT2D eigenvalue weighted by atomic mass is 16.5. The number of ether oxygens (including phenoxy) is 2. The molecule has 0 spiro atoms. The van der Waals surface area contributed by atoms with Crippen molar-refractivity contribution in [2.45, 2.75) is 52.4 Å². The lowest BCUT2D eigenvalue weighted by atomic mass is 10.0. The van der Waals surface area contributed by atoms with Crippen LogP contribution >= 0.6 is 0 Å². The quantitative estimate of drug-likeness (QED) is 0.321. The number of aromatic nitrogens is 2. The molecule has 1 aromatic heterocycles. The summed E-state index contributed by atoms with van der Waals surface area (Å²) in [7, 11) is 1.93. The molecule has 1 heterocycles. The maximum Gasteiger partial charge on any atom is 0.311 e. The minimum Gasteiger partial charge on any atom is -0.427 e. The first-order chi connectivity index (χ1) is 15.5. The summed E-state index contributed by atoms with van der Waals surface area (Å²) in [6, 6.07) is 16.6. The third-order valence-electron chi connectivity index (χ3n) is 5.21. The minimum absolute atomic E-state index is 0.222. The summed E-state index contributed by atoms with van der Waals surface area (Å²) in [6.07, 6.45) is 3.77. The molecule has 2 aromatic carbocycles. The van der Waals surface area contributed by atoms with Gasteiger partial charge in [-0.1, -0.05) is 32.0 Å². The summed E-state index contributed by atoms with van der Waals surface area (Å²) >= 11 is 0. The van der Waals surface area contributed by atoms with Crippen LogP contribution < -0.4 is 9.47 Å². The minimum atomic E-state index is -0.232. The number of benzene rings is 2. The van der Waals surface area contributed by atoms with E-state index in [4.69, 9.17) is 14.6 Å². The second-order valence-corrected chi connectivity index (χ2v) is 7.64. The Hall–Kier alpha value is -3.41. The van der Waals surface area contributed by atoms with Crippen molar-refractivity contribution in [3.8, 4) is 22.8 Å². The Kier molecular flexibility index (Phi) is 8.20. The number of esters is 2. The number of carbonyl (C=O) groups is 2. The maximum absolute atomic E-state index is 12.1. The zero-order chi connectivity index (χ0) is 22.9. The molecule has 168 valence electrons. The monoisotopic (exact) mass is 434 g/mol. The van der Waals surface area contributed by atoms with Crippen LogP contribution in [-0.4, -0.2) is 21.7 Å². The Morgan fingerprint density at radius 1 is 0.875 bits per heavy atom. The van der Waals surface area contributed by atoms with E-state index in [1.54, 1.807) is 24.3 Å². The Morgan fingerprint density at radius 2 is 1.50 bits per heavy atom. The number of hydrogen-bond donors (Lipinski definition) is 0. The van der Waals surface area contributed by atoms with Crippen molar-refractivity contribution in [2.75, 3.05) is 0 Å². The van der Waals surface area contributed by atoms with Crippen LogP contribution in [0.2, 0.25) is 0 Å². The first-order valence-corrected chi connectivity index (χ1v) is 11.1. The highest BCUT2D eigenvalue weighted by Gasteiger charge is 2.17. The molecule has 0 amide bonds. The van der Waals surface area contributed by atoms with Gasteiger partial charge >= 0.3 is 11.9 Å². The van der Waals surface area contributed by atoms with Gasteiger partial charge in [0.2, 0.25) is 0 Å². The Bertz CT molecular complexity index is 1040. The average molecular weight is 435 g/mol. The van der Waals surface area contributed by atoms with Crippen molar-refractivity contribution in [1.29, 1.82) is 0 Å². The van der Waals surface area contributed by atoms with Gasteiger partial charge in [0.1, 0.15) is 11.5 Å². The highest BCUT2D eigenvalue weighted by Crippen LogP contribution is 2.28. The fraction of sp³-hybridized carbons (Fsp3) is 0.346. The van der Waals surface area contributed by atoms with E-state index in [1.165, 1.54) is 5.56 Å². The van der Waals surface area contributed by atoms with E-state index in [0.29, 0.717) is 30.8 Å². The van der Waals surface area contributed by atoms with Crippen molar-refractivity contribution in [3.05, 3.63) is 65.9 Å². The molecule has 0 unspecified atom stereocenters. The predicted molar refractivity (Wildman–Crippen MR) is 124 cm³/mol. The first-order valence-electron chi connectivity index (χ1n) is 11.1. The summed E-state index contributed by atoms with van der Waals surface area (Å²) in [5.41, 5.74) is 4.18. The Morgan fingerprint density at radius 3 is 2.12 bits per heavy atom. The van der Waals surface area contributed by atoms with Crippen LogP contribution in [0, 0.1) is 0 Å². The van der Waals surface area contributed by atoms with Crippen LogP contribution in [0.5, 0.6) is 11.5 Å². The molecule has 6 heteroatoms. The lowest BCUT2D eigenvalue weighted by Crippen LogP contribution is -2.09. The Labute approximate surface area is 189 Å². The van der Waals surface area contributed by atoms with Crippen LogP contribution in [0.1, 0.15) is 50.8 Å². The molecule has 3 aromatic rings. The summed E-state index contributed by atoms with van der Waals surface area (Å²) in [4.78, 5) is 23.8. The van der Waals surface area contributed by atoms with Gasteiger partial charge in [-0.25, -0.2) is 0 Å². The van der Waals surface area contributed by atoms with E-state index in [-0.39, 0.29) is 11.9 Å². The normalized spacial score (nSPS) is 10.7. The van der Waals surface area contributed by atoms with Crippen molar-refractivity contribution in [2.24, 2.45) is 7.05 Å². The number of carbonyl (C=O) groups excluding carboxylic acids is 2. The van der Waals surface area contributed by atoms with Crippen molar-refractivity contribution in [1.82, 2.24) is 9.78 Å². The van der Waals surface area contributed by atoms with Crippen LogP contribution in [0.15, 0.2) is 54.6 Å². The average Bonchev–Trinajstić information content (AvgIpc) is 3.10. The number of nitrogens with zero attached hydrogens (tertiary/aromatic N) is 2. The molecule has 0 radical (unpaired) electrons. The molecule has 0 N–H and O–H groups in total. The molecule has 0 saturated heterocycles. The molecule has 0 saturated carbocycles. The molecule has 0 fully saturated rings. The predicted octanol–water partition coefficient (Wildman–Crippen LogP) is 5.28. The van der Waals surface area contributed by atoms with E-state index in [2.05, 4.69) is 6.92 Å². The first kappa shape index (κ1) is 23.3. The fourth-order valence-corrected chi connectivity index (χ4v) is 3.66. The van der Waals surface area contributed by atoms with Crippen LogP contribution in [0.3, 0.4) is 0 Å². The van der Waals surface area contributed by atoms with E-state index in [0.717, 1.165) is 36.2 Å². The summed E-state index contributed by atoms with van der Waals surface area (Å²) in [5, 5.41) is 4.73. The maximum atomic E-state index is 12.1. The number of rotatable bonds is 10. The molecule has 0 aliphatic carbocycles. The summed E-state index contributed by atoms with van der Waals surface area (Å²) in [5.74, 6) is 0.655. The number of aryl methyl sites for hydroxylation is 1. The lowest BCUT2D eigenvalue weighted by molar-refractivity contribution is -0.135. The van der Waals surface area contributed by atoms with Crippen LogP contribution in [0.25, 0.3) is 11.3 Å². The van der Waals surface area contributed by atoms with Gasteiger partial charge in [0.25, 0.3) is 0 Å². The molecule has 0 aliphatic rings. The standard InChI is InChI=1S/C26H30N2O4/c1-4-10-24(29)32-21-17-15-19(16-18-21)26-22(5-2)23(28(3)27-26)13-9-14-25(30)31-20-11-7-6-8-12-20/h6-8,11-12,15-18H,4-5,9-10,13-14H2,1-3H3. The zero-order valence-electron chi connectivity index (χ0n) is 19.0. The molecule has 0 atom stereocenters. The van der Waals surface area contributed by atoms with Gasteiger partial charge in [0, 0.05) is 36.7 Å². The second kappa shape index (κ2) is 11.3. The van der Waals surface area contributed by atoms with Gasteiger partial charge in [-0.15, -0.1) is 0 Å². The van der Waals surface area contributed by atoms with Gasteiger partial charge in [0.05, 0.1) is 5.69 Å². The van der Waals surface area contributed by atoms with Gasteiger partial charge < -0.3 is 9.47 Å². The lowest BCUT2D eigenvalue weighted by Gasteiger charge is -2.07. The molecular weight excluding hydrogens is 404 g/mol. The van der Waals surface area contributed by atoms with Gasteiger partial charge in [-0.3, -0.25) is 14.3 Å². The highest BCUT2D eigenvalue weighted by molar-refractivity contribution is 5.73. The fourth-order valence-electron chi connectivity index (χ4n) is 3.66. The number of para-hydroxylation sites is 1. The Balaban J connectivity index is 1.64. The molecule has 3 rings (SSSR count). The third kappa shape index (κ3) is 6.06. The van der Waals surface area contributed by atoms with Crippen molar-refractivity contribution < 1.29 is 19.1 Å². The van der Waals surface area contributed by atoms with E-state index in [9.17, 15) is 9.59 Å². The largest absolute Gasteiger partial charge is 0.427 e. The van der Waals surface area contributed by atoms with Crippen molar-refractivity contribution in [3.63, 3.8) is 0 Å². The molecule has 32 heavy (non-hydrogen) atoms. The van der Waals surface area contributed by atoms with E-state index < -0.39 is 0 Å². The molecule has 0 aliphatic heterocycles. The molecular formula is C26H30N2O4. The van der Waals surface area contributed by atoms with Gasteiger partial charge in [-0.05, 0) is 62.1 Å².